The first-order chi connectivity index (χ1) is 12.9. The van der Waals surface area contributed by atoms with Crippen molar-refractivity contribution in [1.29, 1.82) is 0 Å². The Morgan fingerprint density at radius 3 is 2.67 bits per heavy atom. The summed E-state index contributed by atoms with van der Waals surface area (Å²) < 4.78 is 2.16. The van der Waals surface area contributed by atoms with Crippen LogP contribution in [0.4, 0.5) is 0 Å². The average molecular weight is 369 g/mol. The first kappa shape index (κ1) is 18.6. The van der Waals surface area contributed by atoms with Crippen LogP contribution in [0.5, 0.6) is 0 Å². The molecule has 2 aromatic rings. The van der Waals surface area contributed by atoms with Crippen molar-refractivity contribution in [2.24, 2.45) is 23.9 Å². The van der Waals surface area contributed by atoms with Crippen molar-refractivity contribution in [3.63, 3.8) is 0 Å². The molecule has 2 atom stereocenters. The highest BCUT2D eigenvalue weighted by molar-refractivity contribution is 6.00. The average Bonchev–Trinajstić information content (AvgIpc) is 3.41. The molecule has 0 amide bonds. The SMILES string of the molecule is Cn1c(C(C)(C)C)cc2ncc(C3=N[C@@H](CO)[C@H](CC4CC4)CCC3)nc21. The second-order valence-corrected chi connectivity index (χ2v) is 9.46. The van der Waals surface area contributed by atoms with Gasteiger partial charge in [0.05, 0.1) is 24.6 Å². The molecule has 0 bridgehead atoms. The van der Waals surface area contributed by atoms with E-state index in [-0.39, 0.29) is 18.1 Å². The maximum absolute atomic E-state index is 9.95. The number of fused-ring (bicyclic) bond motifs is 1. The van der Waals surface area contributed by atoms with Crippen molar-refractivity contribution in [1.82, 2.24) is 14.5 Å². The van der Waals surface area contributed by atoms with Crippen molar-refractivity contribution < 1.29 is 5.11 Å². The summed E-state index contributed by atoms with van der Waals surface area (Å²) in [4.78, 5) is 14.6. The highest BCUT2D eigenvalue weighted by Gasteiger charge is 2.31. The Morgan fingerprint density at radius 2 is 2.00 bits per heavy atom. The molecule has 1 aliphatic carbocycles. The molecule has 1 N–H and O–H groups in total. The van der Waals surface area contributed by atoms with E-state index in [1.54, 1.807) is 0 Å². The second kappa shape index (κ2) is 7.01. The highest BCUT2D eigenvalue weighted by atomic mass is 16.3. The van der Waals surface area contributed by atoms with Gasteiger partial charge in [0.25, 0.3) is 0 Å². The van der Waals surface area contributed by atoms with Gasteiger partial charge in [-0.05, 0) is 43.6 Å². The minimum atomic E-state index is 0.0131. The Bertz CT molecular complexity index is 857. The van der Waals surface area contributed by atoms with Gasteiger partial charge in [-0.3, -0.25) is 9.98 Å². The maximum Gasteiger partial charge on any atom is 0.159 e. The first-order valence-electron chi connectivity index (χ1n) is 10.4. The predicted octanol–water partition coefficient (Wildman–Crippen LogP) is 4.02. The van der Waals surface area contributed by atoms with Gasteiger partial charge in [-0.2, -0.15) is 0 Å². The smallest absolute Gasteiger partial charge is 0.159 e. The van der Waals surface area contributed by atoms with Crippen molar-refractivity contribution in [3.8, 4) is 0 Å². The van der Waals surface area contributed by atoms with Gasteiger partial charge < -0.3 is 9.67 Å². The van der Waals surface area contributed by atoms with Gasteiger partial charge >= 0.3 is 0 Å². The molecule has 146 valence electrons. The number of aryl methyl sites for hydroxylation is 1. The fraction of sp³-hybridized carbons (Fsp3) is 0.682. The van der Waals surface area contributed by atoms with E-state index < -0.39 is 0 Å². The first-order valence-corrected chi connectivity index (χ1v) is 10.4. The van der Waals surface area contributed by atoms with E-state index in [0.29, 0.717) is 5.92 Å². The van der Waals surface area contributed by atoms with Crippen LogP contribution in [0.3, 0.4) is 0 Å². The summed E-state index contributed by atoms with van der Waals surface area (Å²) >= 11 is 0. The summed E-state index contributed by atoms with van der Waals surface area (Å²) in [6.07, 6.45) is 9.00. The van der Waals surface area contributed by atoms with E-state index in [1.807, 2.05) is 6.20 Å². The van der Waals surface area contributed by atoms with Gasteiger partial charge in [0.2, 0.25) is 0 Å². The number of aromatic nitrogens is 3. The lowest BCUT2D eigenvalue weighted by molar-refractivity contribution is 0.213. The molecule has 0 saturated heterocycles. The third-order valence-corrected chi connectivity index (χ3v) is 6.17. The largest absolute Gasteiger partial charge is 0.394 e. The third kappa shape index (κ3) is 3.79. The molecule has 1 fully saturated rings. The lowest BCUT2D eigenvalue weighted by Gasteiger charge is -2.20. The van der Waals surface area contributed by atoms with Gasteiger partial charge in [0, 0.05) is 18.2 Å². The quantitative estimate of drug-likeness (QED) is 0.887. The maximum atomic E-state index is 9.95. The topological polar surface area (TPSA) is 63.3 Å². The number of aliphatic imine (C=N–C) groups is 1. The van der Waals surface area contributed by atoms with Gasteiger partial charge in [-0.15, -0.1) is 0 Å². The van der Waals surface area contributed by atoms with E-state index in [0.717, 1.165) is 47.7 Å². The molecule has 4 rings (SSSR count). The van der Waals surface area contributed by atoms with Crippen LogP contribution >= 0.6 is 0 Å². The van der Waals surface area contributed by atoms with Crippen LogP contribution in [0.2, 0.25) is 0 Å². The molecule has 0 aromatic carbocycles. The molecule has 5 heteroatoms. The molecular weight excluding hydrogens is 336 g/mol. The van der Waals surface area contributed by atoms with Crippen LogP contribution in [0, 0.1) is 11.8 Å². The van der Waals surface area contributed by atoms with Gasteiger partial charge in [-0.1, -0.05) is 33.6 Å². The summed E-state index contributed by atoms with van der Waals surface area (Å²) in [7, 11) is 2.07. The molecule has 2 aliphatic rings. The Balaban J connectivity index is 1.67. The minimum Gasteiger partial charge on any atom is -0.394 e. The number of aliphatic hydroxyl groups excluding tert-OH is 1. The predicted molar refractivity (Wildman–Crippen MR) is 109 cm³/mol. The highest BCUT2D eigenvalue weighted by Crippen LogP contribution is 2.39. The van der Waals surface area contributed by atoms with Gasteiger partial charge in [0.15, 0.2) is 5.65 Å². The monoisotopic (exact) mass is 368 g/mol. The number of hydrogen-bond acceptors (Lipinski definition) is 4. The van der Waals surface area contributed by atoms with E-state index in [1.165, 1.54) is 25.0 Å². The second-order valence-electron chi connectivity index (χ2n) is 9.46. The molecule has 27 heavy (non-hydrogen) atoms. The van der Waals surface area contributed by atoms with Crippen LogP contribution in [-0.4, -0.2) is 38.0 Å². The molecule has 0 radical (unpaired) electrons. The lowest BCUT2D eigenvalue weighted by Crippen LogP contribution is -2.23. The summed E-state index contributed by atoms with van der Waals surface area (Å²) in [6.45, 7) is 6.77. The minimum absolute atomic E-state index is 0.0131. The Kier molecular flexibility index (Phi) is 4.83. The fourth-order valence-electron chi connectivity index (χ4n) is 4.47. The Hall–Kier alpha value is -1.75. The Labute approximate surface area is 161 Å². The molecule has 1 saturated carbocycles. The third-order valence-electron chi connectivity index (χ3n) is 6.17. The number of nitrogens with zero attached hydrogens (tertiary/aromatic N) is 4. The van der Waals surface area contributed by atoms with E-state index in [4.69, 9.17) is 9.98 Å². The summed E-state index contributed by atoms with van der Waals surface area (Å²) in [5.74, 6) is 1.38. The van der Waals surface area contributed by atoms with Gasteiger partial charge in [-0.25, -0.2) is 4.98 Å². The molecule has 1 aliphatic heterocycles. The number of aliphatic hydroxyl groups is 1. The van der Waals surface area contributed by atoms with Crippen LogP contribution in [0.1, 0.15) is 70.7 Å². The van der Waals surface area contributed by atoms with E-state index in [2.05, 4.69) is 43.4 Å². The molecule has 0 unspecified atom stereocenters. The lowest BCUT2D eigenvalue weighted by atomic mass is 9.90. The fourth-order valence-corrected chi connectivity index (χ4v) is 4.47. The summed E-state index contributed by atoms with van der Waals surface area (Å²) in [6, 6.07) is 2.16. The van der Waals surface area contributed by atoms with Crippen LogP contribution in [0.15, 0.2) is 17.3 Å². The van der Waals surface area contributed by atoms with Crippen molar-refractivity contribution in [2.45, 2.75) is 70.8 Å². The summed E-state index contributed by atoms with van der Waals surface area (Å²) in [5.41, 5.74) is 5.02. The summed E-state index contributed by atoms with van der Waals surface area (Å²) in [5, 5.41) is 9.95. The van der Waals surface area contributed by atoms with Gasteiger partial charge in [0.1, 0.15) is 11.2 Å². The number of rotatable bonds is 4. The molecule has 3 heterocycles. The van der Waals surface area contributed by atoms with Crippen molar-refractivity contribution >= 4 is 16.9 Å². The van der Waals surface area contributed by atoms with E-state index >= 15 is 0 Å². The Morgan fingerprint density at radius 1 is 1.22 bits per heavy atom. The molecule has 5 nitrogen and oxygen atoms in total. The van der Waals surface area contributed by atoms with Crippen LogP contribution < -0.4 is 0 Å². The number of hydrogen-bond donors (Lipinski definition) is 1. The van der Waals surface area contributed by atoms with E-state index in [9.17, 15) is 5.11 Å². The van der Waals surface area contributed by atoms with Crippen LogP contribution in [-0.2, 0) is 12.5 Å². The van der Waals surface area contributed by atoms with Crippen molar-refractivity contribution in [2.75, 3.05) is 6.61 Å². The molecule has 0 spiro atoms. The van der Waals surface area contributed by atoms with Crippen molar-refractivity contribution in [3.05, 3.63) is 23.7 Å². The zero-order valence-corrected chi connectivity index (χ0v) is 17.1. The normalized spacial score (nSPS) is 24.1. The molecule has 2 aromatic heterocycles. The molecular formula is C22H32N4O. The zero-order valence-electron chi connectivity index (χ0n) is 17.1. The standard InChI is InChI=1S/C22H32N4O/c1-22(2,3)20-11-17-21(26(20)4)25-18(12-23-17)16-7-5-6-15(10-14-8-9-14)19(13-27)24-16/h11-12,14-15,19,27H,5-10,13H2,1-4H3/t15-,19-/m0/s1. The van der Waals surface area contributed by atoms with Crippen LogP contribution in [0.25, 0.3) is 11.2 Å². The zero-order chi connectivity index (χ0) is 19.2.